The molecule has 8 heteroatoms. The highest BCUT2D eigenvalue weighted by Crippen LogP contribution is 2.37. The molecule has 1 aliphatic rings. The van der Waals surface area contributed by atoms with Crippen LogP contribution < -0.4 is 14.8 Å². The molecule has 164 valence electrons. The Morgan fingerprint density at radius 1 is 1.13 bits per heavy atom. The molecule has 1 heterocycles. The standard InChI is InChI=1S/C22H27BrCl2N2O3/c1-28-21-6-4-18(23)17(14-26-7-2-8-27-9-11-29-12-10-27)22(21)30-15-16-3-5-19(24)20(25)13-16/h3-6,13,26H,2,7-12,14-15H2,1H3. The first-order valence-electron chi connectivity index (χ1n) is 10.0. The van der Waals surface area contributed by atoms with Crippen molar-refractivity contribution in [1.82, 2.24) is 10.2 Å². The number of benzene rings is 2. The van der Waals surface area contributed by atoms with Gasteiger partial charge in [0.2, 0.25) is 0 Å². The van der Waals surface area contributed by atoms with Crippen molar-refractivity contribution in [2.75, 3.05) is 46.5 Å². The van der Waals surface area contributed by atoms with Gasteiger partial charge in [-0.25, -0.2) is 0 Å². The number of hydrogen-bond acceptors (Lipinski definition) is 5. The highest BCUT2D eigenvalue weighted by molar-refractivity contribution is 9.10. The van der Waals surface area contributed by atoms with Crippen LogP contribution in [0.15, 0.2) is 34.8 Å². The van der Waals surface area contributed by atoms with E-state index in [1.54, 1.807) is 13.2 Å². The molecule has 0 atom stereocenters. The van der Waals surface area contributed by atoms with Crippen molar-refractivity contribution < 1.29 is 14.2 Å². The molecule has 0 saturated carbocycles. The Bertz CT molecular complexity index is 832. The van der Waals surface area contributed by atoms with Gasteiger partial charge in [0.1, 0.15) is 6.61 Å². The molecule has 0 aromatic heterocycles. The van der Waals surface area contributed by atoms with Gasteiger partial charge in [-0.3, -0.25) is 4.90 Å². The second-order valence-electron chi connectivity index (χ2n) is 7.08. The van der Waals surface area contributed by atoms with Crippen LogP contribution in [0.4, 0.5) is 0 Å². The molecule has 0 amide bonds. The van der Waals surface area contributed by atoms with Gasteiger partial charge in [-0.15, -0.1) is 0 Å². The number of nitrogens with zero attached hydrogens (tertiary/aromatic N) is 1. The van der Waals surface area contributed by atoms with Gasteiger partial charge < -0.3 is 19.5 Å². The quantitative estimate of drug-likeness (QED) is 0.441. The number of nitrogens with one attached hydrogen (secondary N) is 1. The van der Waals surface area contributed by atoms with Crippen LogP contribution >= 0.6 is 39.1 Å². The third kappa shape index (κ3) is 6.74. The van der Waals surface area contributed by atoms with E-state index in [0.717, 1.165) is 67.2 Å². The molecular weight excluding hydrogens is 491 g/mol. The van der Waals surface area contributed by atoms with Crippen molar-refractivity contribution >= 4 is 39.1 Å². The molecule has 2 aromatic carbocycles. The molecule has 2 aromatic rings. The van der Waals surface area contributed by atoms with Crippen LogP contribution in [0.2, 0.25) is 10.0 Å². The van der Waals surface area contributed by atoms with Crippen LogP contribution in [-0.4, -0.2) is 51.4 Å². The third-order valence-electron chi connectivity index (χ3n) is 4.99. The highest BCUT2D eigenvalue weighted by atomic mass is 79.9. The monoisotopic (exact) mass is 516 g/mol. The lowest BCUT2D eigenvalue weighted by Crippen LogP contribution is -2.37. The molecule has 0 bridgehead atoms. The largest absolute Gasteiger partial charge is 0.493 e. The lowest BCUT2D eigenvalue weighted by molar-refractivity contribution is 0.0374. The molecule has 0 radical (unpaired) electrons. The van der Waals surface area contributed by atoms with Crippen LogP contribution in [0.25, 0.3) is 0 Å². The van der Waals surface area contributed by atoms with E-state index in [4.69, 9.17) is 37.4 Å². The van der Waals surface area contributed by atoms with E-state index in [1.807, 2.05) is 24.3 Å². The molecule has 5 nitrogen and oxygen atoms in total. The van der Waals surface area contributed by atoms with Gasteiger partial charge in [0.25, 0.3) is 0 Å². The number of rotatable bonds is 10. The Morgan fingerprint density at radius 3 is 2.67 bits per heavy atom. The summed E-state index contributed by atoms with van der Waals surface area (Å²) in [6.45, 7) is 6.77. The minimum atomic E-state index is 0.369. The fourth-order valence-electron chi connectivity index (χ4n) is 3.32. The van der Waals surface area contributed by atoms with E-state index in [9.17, 15) is 0 Å². The first-order valence-corrected chi connectivity index (χ1v) is 11.6. The second kappa shape index (κ2) is 12.1. The number of hydrogen-bond donors (Lipinski definition) is 1. The molecule has 0 aliphatic carbocycles. The smallest absolute Gasteiger partial charge is 0.167 e. The number of methoxy groups -OCH3 is 1. The summed E-state index contributed by atoms with van der Waals surface area (Å²) in [6, 6.07) is 9.38. The van der Waals surface area contributed by atoms with E-state index >= 15 is 0 Å². The summed E-state index contributed by atoms with van der Waals surface area (Å²) in [7, 11) is 1.65. The minimum absolute atomic E-state index is 0.369. The molecule has 3 rings (SSSR count). The first-order chi connectivity index (χ1) is 14.6. The average molecular weight is 518 g/mol. The zero-order chi connectivity index (χ0) is 21.3. The van der Waals surface area contributed by atoms with Crippen LogP contribution in [0, 0.1) is 0 Å². The van der Waals surface area contributed by atoms with Crippen LogP contribution in [0.3, 0.4) is 0 Å². The maximum absolute atomic E-state index is 6.15. The van der Waals surface area contributed by atoms with Crippen molar-refractivity contribution in [2.45, 2.75) is 19.6 Å². The van der Waals surface area contributed by atoms with E-state index in [0.29, 0.717) is 28.9 Å². The molecular formula is C22H27BrCl2N2O3. The summed E-state index contributed by atoms with van der Waals surface area (Å²) < 4.78 is 18.1. The van der Waals surface area contributed by atoms with Gasteiger partial charge in [0, 0.05) is 29.7 Å². The maximum atomic E-state index is 6.15. The first kappa shape index (κ1) is 23.6. The summed E-state index contributed by atoms with van der Waals surface area (Å²) in [5, 5.41) is 4.57. The molecule has 30 heavy (non-hydrogen) atoms. The molecule has 1 N–H and O–H groups in total. The number of halogens is 3. The minimum Gasteiger partial charge on any atom is -0.493 e. The Labute approximate surface area is 196 Å². The third-order valence-corrected chi connectivity index (χ3v) is 6.47. The Kier molecular flexibility index (Phi) is 9.56. The van der Waals surface area contributed by atoms with Crippen molar-refractivity contribution in [3.8, 4) is 11.5 Å². The Hall–Kier alpha value is -1.02. The van der Waals surface area contributed by atoms with E-state index in [2.05, 4.69) is 26.1 Å². The topological polar surface area (TPSA) is 43.0 Å². The van der Waals surface area contributed by atoms with Gasteiger partial charge in [0.15, 0.2) is 11.5 Å². The fourth-order valence-corrected chi connectivity index (χ4v) is 4.09. The fraction of sp³-hybridized carbons (Fsp3) is 0.455. The molecule has 0 unspecified atom stereocenters. The summed E-state index contributed by atoms with van der Waals surface area (Å²) in [4.78, 5) is 2.44. The van der Waals surface area contributed by atoms with Gasteiger partial charge in [0.05, 0.1) is 30.4 Å². The van der Waals surface area contributed by atoms with Gasteiger partial charge in [-0.2, -0.15) is 0 Å². The lowest BCUT2D eigenvalue weighted by Gasteiger charge is -2.26. The summed E-state index contributed by atoms with van der Waals surface area (Å²) in [6.07, 6.45) is 1.08. The second-order valence-corrected chi connectivity index (χ2v) is 8.75. The highest BCUT2D eigenvalue weighted by Gasteiger charge is 2.15. The maximum Gasteiger partial charge on any atom is 0.167 e. The van der Waals surface area contributed by atoms with E-state index in [-0.39, 0.29) is 0 Å². The van der Waals surface area contributed by atoms with Crippen molar-refractivity contribution in [2.24, 2.45) is 0 Å². The average Bonchev–Trinajstić information content (AvgIpc) is 2.76. The van der Waals surface area contributed by atoms with Crippen molar-refractivity contribution in [1.29, 1.82) is 0 Å². The number of ether oxygens (including phenoxy) is 3. The summed E-state index contributed by atoms with van der Waals surface area (Å²) in [5.41, 5.74) is 1.97. The zero-order valence-electron chi connectivity index (χ0n) is 17.1. The predicted octanol–water partition coefficient (Wildman–Crippen LogP) is 5.16. The predicted molar refractivity (Wildman–Crippen MR) is 125 cm³/mol. The number of morpholine rings is 1. The van der Waals surface area contributed by atoms with E-state index in [1.165, 1.54) is 0 Å². The van der Waals surface area contributed by atoms with Crippen LogP contribution in [0.5, 0.6) is 11.5 Å². The zero-order valence-corrected chi connectivity index (χ0v) is 20.2. The lowest BCUT2D eigenvalue weighted by atomic mass is 10.1. The summed E-state index contributed by atoms with van der Waals surface area (Å²) in [5.74, 6) is 1.42. The Balaban J connectivity index is 1.59. The Morgan fingerprint density at radius 2 is 1.93 bits per heavy atom. The molecule has 1 fully saturated rings. The normalized spacial score (nSPS) is 14.7. The summed E-state index contributed by atoms with van der Waals surface area (Å²) >= 11 is 15.8. The molecule has 0 spiro atoms. The van der Waals surface area contributed by atoms with Crippen LogP contribution in [0.1, 0.15) is 17.5 Å². The van der Waals surface area contributed by atoms with Crippen molar-refractivity contribution in [3.63, 3.8) is 0 Å². The van der Waals surface area contributed by atoms with Crippen molar-refractivity contribution in [3.05, 3.63) is 56.0 Å². The molecule has 1 saturated heterocycles. The van der Waals surface area contributed by atoms with Gasteiger partial charge in [-0.1, -0.05) is 45.2 Å². The molecule has 1 aliphatic heterocycles. The van der Waals surface area contributed by atoms with Gasteiger partial charge in [-0.05, 0) is 49.3 Å². The van der Waals surface area contributed by atoms with Gasteiger partial charge >= 0.3 is 0 Å². The van der Waals surface area contributed by atoms with E-state index < -0.39 is 0 Å². The SMILES string of the molecule is COc1ccc(Br)c(CNCCCN2CCOCC2)c1OCc1ccc(Cl)c(Cl)c1. The van der Waals surface area contributed by atoms with Crippen LogP contribution in [-0.2, 0) is 17.9 Å².